The molecule has 8 heteroatoms. The quantitative estimate of drug-likeness (QED) is 0.871. The minimum atomic E-state index is -3.01. The van der Waals surface area contributed by atoms with Crippen molar-refractivity contribution in [2.24, 2.45) is 0 Å². The van der Waals surface area contributed by atoms with E-state index >= 15 is 0 Å². The van der Waals surface area contributed by atoms with Crippen LogP contribution >= 0.6 is 0 Å². The van der Waals surface area contributed by atoms with Gasteiger partial charge in [0, 0.05) is 6.04 Å². The summed E-state index contributed by atoms with van der Waals surface area (Å²) in [5.41, 5.74) is 1.25. The van der Waals surface area contributed by atoms with Crippen molar-refractivity contribution in [2.45, 2.75) is 19.0 Å². The Balaban J connectivity index is 1.62. The Labute approximate surface area is 128 Å². The Kier molecular flexibility index (Phi) is 3.93. The van der Waals surface area contributed by atoms with Gasteiger partial charge in [-0.15, -0.1) is 5.10 Å². The van der Waals surface area contributed by atoms with Crippen LogP contribution in [0.1, 0.15) is 22.5 Å². The van der Waals surface area contributed by atoms with Gasteiger partial charge in [0.15, 0.2) is 15.5 Å². The van der Waals surface area contributed by atoms with Crippen LogP contribution in [0, 0.1) is 0 Å². The fourth-order valence-electron chi connectivity index (χ4n) is 2.42. The Morgan fingerprint density at radius 1 is 1.32 bits per heavy atom. The van der Waals surface area contributed by atoms with Crippen molar-refractivity contribution in [3.63, 3.8) is 0 Å². The minimum absolute atomic E-state index is 0.00308. The number of hydrogen-bond acceptors (Lipinski definition) is 5. The number of sulfone groups is 1. The molecule has 1 fully saturated rings. The third-order valence-corrected chi connectivity index (χ3v) is 5.29. The summed E-state index contributed by atoms with van der Waals surface area (Å²) in [7, 11) is -3.01. The zero-order valence-electron chi connectivity index (χ0n) is 11.8. The van der Waals surface area contributed by atoms with Crippen LogP contribution in [0.15, 0.2) is 36.5 Å². The van der Waals surface area contributed by atoms with Crippen molar-refractivity contribution >= 4 is 15.7 Å². The second kappa shape index (κ2) is 5.88. The van der Waals surface area contributed by atoms with E-state index in [9.17, 15) is 13.2 Å². The van der Waals surface area contributed by atoms with Gasteiger partial charge in [-0.1, -0.05) is 35.5 Å². The van der Waals surface area contributed by atoms with Gasteiger partial charge in [-0.25, -0.2) is 13.1 Å². The number of amides is 1. The normalized spacial score (nSPS) is 19.9. The predicted molar refractivity (Wildman–Crippen MR) is 80.1 cm³/mol. The largest absolute Gasteiger partial charge is 0.347 e. The van der Waals surface area contributed by atoms with Crippen LogP contribution in [0.25, 0.3) is 0 Å². The average Bonchev–Trinajstić information content (AvgIpc) is 3.07. The molecule has 116 valence electrons. The molecule has 22 heavy (non-hydrogen) atoms. The summed E-state index contributed by atoms with van der Waals surface area (Å²) in [6.45, 7) is 0.527. The standard InChI is InChI=1S/C14H16N4O3S/c19-14(15-12-6-7-22(20,21)10-12)13-9-18(17-16-13)8-11-4-2-1-3-5-11/h1-5,9,12H,6-8,10H2,(H,15,19)/t12-/m0/s1. The molecule has 0 unspecified atom stereocenters. The molecule has 0 aliphatic carbocycles. The molecule has 1 aliphatic rings. The van der Waals surface area contributed by atoms with Crippen molar-refractivity contribution in [2.75, 3.05) is 11.5 Å². The van der Waals surface area contributed by atoms with Crippen molar-refractivity contribution in [3.05, 3.63) is 47.8 Å². The highest BCUT2D eigenvalue weighted by Crippen LogP contribution is 2.12. The molecular weight excluding hydrogens is 304 g/mol. The summed E-state index contributed by atoms with van der Waals surface area (Å²) in [5.74, 6) is -0.267. The van der Waals surface area contributed by atoms with E-state index in [1.807, 2.05) is 30.3 Å². The molecule has 1 N–H and O–H groups in total. The second-order valence-corrected chi connectivity index (χ2v) is 7.59. The third kappa shape index (κ3) is 3.51. The Hall–Kier alpha value is -2.22. The van der Waals surface area contributed by atoms with E-state index in [2.05, 4.69) is 15.6 Å². The van der Waals surface area contributed by atoms with Crippen LogP contribution in [0.5, 0.6) is 0 Å². The topological polar surface area (TPSA) is 94.0 Å². The van der Waals surface area contributed by atoms with E-state index in [1.54, 1.807) is 10.9 Å². The van der Waals surface area contributed by atoms with Crippen molar-refractivity contribution in [1.29, 1.82) is 0 Å². The lowest BCUT2D eigenvalue weighted by Crippen LogP contribution is -2.35. The number of hydrogen-bond donors (Lipinski definition) is 1. The summed E-state index contributed by atoms with van der Waals surface area (Å²) in [6, 6.07) is 9.38. The van der Waals surface area contributed by atoms with Gasteiger partial charge in [0.1, 0.15) is 0 Å². The highest BCUT2D eigenvalue weighted by atomic mass is 32.2. The molecule has 1 saturated heterocycles. The molecule has 2 heterocycles. The first kappa shape index (κ1) is 14.7. The summed E-state index contributed by atoms with van der Waals surface area (Å²) < 4.78 is 24.3. The first-order valence-electron chi connectivity index (χ1n) is 6.97. The zero-order valence-corrected chi connectivity index (χ0v) is 12.7. The lowest BCUT2D eigenvalue weighted by Gasteiger charge is -2.08. The van der Waals surface area contributed by atoms with Crippen LogP contribution in [0.4, 0.5) is 0 Å². The number of rotatable bonds is 4. The third-order valence-electron chi connectivity index (χ3n) is 3.53. The highest BCUT2D eigenvalue weighted by molar-refractivity contribution is 7.91. The van der Waals surface area contributed by atoms with Gasteiger partial charge in [0.05, 0.1) is 24.2 Å². The minimum Gasteiger partial charge on any atom is -0.347 e. The molecule has 1 aliphatic heterocycles. The number of nitrogens with zero attached hydrogens (tertiary/aromatic N) is 3. The van der Waals surface area contributed by atoms with Gasteiger partial charge in [0.2, 0.25) is 0 Å². The smallest absolute Gasteiger partial charge is 0.273 e. The monoisotopic (exact) mass is 320 g/mol. The second-order valence-electron chi connectivity index (χ2n) is 5.36. The summed E-state index contributed by atoms with van der Waals surface area (Å²) in [6.07, 6.45) is 2.01. The molecule has 1 amide bonds. The lowest BCUT2D eigenvalue weighted by atomic mass is 10.2. The van der Waals surface area contributed by atoms with Crippen LogP contribution < -0.4 is 5.32 Å². The van der Waals surface area contributed by atoms with E-state index in [4.69, 9.17) is 0 Å². The van der Waals surface area contributed by atoms with Gasteiger partial charge >= 0.3 is 0 Å². The Morgan fingerprint density at radius 2 is 2.09 bits per heavy atom. The molecule has 0 saturated carbocycles. The molecule has 1 aromatic heterocycles. The number of nitrogens with one attached hydrogen (secondary N) is 1. The molecule has 0 spiro atoms. The fourth-order valence-corrected chi connectivity index (χ4v) is 4.09. The van der Waals surface area contributed by atoms with E-state index in [0.717, 1.165) is 5.56 Å². The number of aromatic nitrogens is 3. The van der Waals surface area contributed by atoms with Crippen molar-refractivity contribution in [3.8, 4) is 0 Å². The zero-order chi connectivity index (χ0) is 15.6. The van der Waals surface area contributed by atoms with Crippen LogP contribution in [0.2, 0.25) is 0 Å². The molecule has 1 aromatic carbocycles. The predicted octanol–water partition coefficient (Wildman–Crippen LogP) is 0.243. The maximum atomic E-state index is 12.1. The van der Waals surface area contributed by atoms with E-state index in [0.29, 0.717) is 13.0 Å². The summed E-state index contributed by atoms with van der Waals surface area (Å²) in [5, 5.41) is 10.5. The summed E-state index contributed by atoms with van der Waals surface area (Å²) in [4.78, 5) is 12.1. The maximum Gasteiger partial charge on any atom is 0.273 e. The first-order chi connectivity index (χ1) is 10.5. The highest BCUT2D eigenvalue weighted by Gasteiger charge is 2.29. The van der Waals surface area contributed by atoms with E-state index in [1.165, 1.54) is 0 Å². The average molecular weight is 320 g/mol. The fraction of sp³-hybridized carbons (Fsp3) is 0.357. The molecule has 3 rings (SSSR count). The van der Waals surface area contributed by atoms with Gasteiger partial charge < -0.3 is 5.32 Å². The van der Waals surface area contributed by atoms with Crippen LogP contribution in [0.3, 0.4) is 0 Å². The SMILES string of the molecule is O=C(N[C@H]1CCS(=O)(=O)C1)c1cn(Cc2ccccc2)nn1. The Bertz CT molecular complexity index is 770. The first-order valence-corrected chi connectivity index (χ1v) is 8.79. The number of carbonyl (C=O) groups excluding carboxylic acids is 1. The van der Waals surface area contributed by atoms with Crippen LogP contribution in [-0.4, -0.2) is 46.9 Å². The molecular formula is C14H16N4O3S. The molecule has 2 aromatic rings. The lowest BCUT2D eigenvalue weighted by molar-refractivity contribution is 0.0936. The van der Waals surface area contributed by atoms with Gasteiger partial charge in [0.25, 0.3) is 5.91 Å². The maximum absolute atomic E-state index is 12.1. The number of carbonyl (C=O) groups is 1. The molecule has 7 nitrogen and oxygen atoms in total. The summed E-state index contributed by atoms with van der Waals surface area (Å²) >= 11 is 0. The Morgan fingerprint density at radius 3 is 2.77 bits per heavy atom. The van der Waals surface area contributed by atoms with Gasteiger partial charge in [-0.05, 0) is 12.0 Å². The molecule has 0 bridgehead atoms. The van der Waals surface area contributed by atoms with Crippen molar-refractivity contribution < 1.29 is 13.2 Å². The van der Waals surface area contributed by atoms with E-state index in [-0.39, 0.29) is 29.1 Å². The molecule has 0 radical (unpaired) electrons. The number of benzene rings is 1. The van der Waals surface area contributed by atoms with Gasteiger partial charge in [-0.3, -0.25) is 4.79 Å². The van der Waals surface area contributed by atoms with E-state index < -0.39 is 9.84 Å². The van der Waals surface area contributed by atoms with Crippen LogP contribution in [-0.2, 0) is 16.4 Å². The van der Waals surface area contributed by atoms with Gasteiger partial charge in [-0.2, -0.15) is 0 Å². The van der Waals surface area contributed by atoms with Crippen molar-refractivity contribution in [1.82, 2.24) is 20.3 Å². The molecule has 1 atom stereocenters.